The summed E-state index contributed by atoms with van der Waals surface area (Å²) in [5, 5.41) is 6.16. The van der Waals surface area contributed by atoms with E-state index < -0.39 is 0 Å². The van der Waals surface area contributed by atoms with Crippen LogP contribution in [-0.2, 0) is 0 Å². The number of hydrogen-bond acceptors (Lipinski definition) is 5. The highest BCUT2D eigenvalue weighted by Crippen LogP contribution is 2.08. The van der Waals surface area contributed by atoms with E-state index in [-0.39, 0.29) is 5.91 Å². The Hall–Kier alpha value is -1.40. The van der Waals surface area contributed by atoms with Crippen LogP contribution < -0.4 is 10.6 Å². The lowest BCUT2D eigenvalue weighted by atomic mass is 10.3. The third-order valence-electron chi connectivity index (χ3n) is 3.03. The number of nitrogens with zero attached hydrogens (tertiary/aromatic N) is 2. The first-order chi connectivity index (χ1) is 8.66. The number of nitrogens with one attached hydrogen (secondary N) is 2. The second-order valence-electron chi connectivity index (χ2n) is 4.49. The van der Waals surface area contributed by atoms with Crippen molar-refractivity contribution in [3.05, 3.63) is 17.3 Å². The van der Waals surface area contributed by atoms with Gasteiger partial charge in [0.2, 0.25) is 5.76 Å². The highest BCUT2D eigenvalue weighted by molar-refractivity contribution is 5.92. The molecule has 1 aliphatic rings. The van der Waals surface area contributed by atoms with Gasteiger partial charge in [-0.1, -0.05) is 0 Å². The molecule has 1 aromatic heterocycles. The zero-order valence-electron chi connectivity index (χ0n) is 11.0. The van der Waals surface area contributed by atoms with Gasteiger partial charge in [0, 0.05) is 46.2 Å². The Morgan fingerprint density at radius 2 is 2.17 bits per heavy atom. The summed E-state index contributed by atoms with van der Waals surface area (Å²) < 4.78 is 5.27. The fourth-order valence-electron chi connectivity index (χ4n) is 2.08. The van der Waals surface area contributed by atoms with Crippen molar-refractivity contribution in [1.29, 1.82) is 0 Å². The van der Waals surface area contributed by atoms with Crippen LogP contribution in [0, 0.1) is 13.8 Å². The normalized spacial score (nSPS) is 16.8. The van der Waals surface area contributed by atoms with Crippen molar-refractivity contribution in [1.82, 2.24) is 20.5 Å². The average molecular weight is 252 g/mol. The van der Waals surface area contributed by atoms with E-state index in [0.29, 0.717) is 23.9 Å². The molecule has 100 valence electrons. The molecule has 0 unspecified atom stereocenters. The molecule has 2 N–H and O–H groups in total. The summed E-state index contributed by atoms with van der Waals surface area (Å²) in [5.74, 6) is 0.677. The van der Waals surface area contributed by atoms with Crippen molar-refractivity contribution >= 4 is 5.91 Å². The first-order valence-corrected chi connectivity index (χ1v) is 6.32. The smallest absolute Gasteiger partial charge is 0.289 e. The van der Waals surface area contributed by atoms with Crippen LogP contribution >= 0.6 is 0 Å². The number of hydrogen-bond donors (Lipinski definition) is 2. The quantitative estimate of drug-likeness (QED) is 0.785. The van der Waals surface area contributed by atoms with E-state index in [1.807, 2.05) is 0 Å². The SMILES string of the molecule is Cc1nc(C)c(C(=O)NCCN2CCNCC2)o1. The van der Waals surface area contributed by atoms with Gasteiger partial charge < -0.3 is 15.1 Å². The zero-order valence-corrected chi connectivity index (χ0v) is 11.0. The summed E-state index contributed by atoms with van der Waals surface area (Å²) in [5.41, 5.74) is 0.646. The van der Waals surface area contributed by atoms with Crippen LogP contribution in [0.5, 0.6) is 0 Å². The topological polar surface area (TPSA) is 70.4 Å². The lowest BCUT2D eigenvalue weighted by Gasteiger charge is -2.26. The van der Waals surface area contributed by atoms with Gasteiger partial charge in [0.15, 0.2) is 5.89 Å². The van der Waals surface area contributed by atoms with E-state index in [2.05, 4.69) is 20.5 Å². The van der Waals surface area contributed by atoms with Crippen molar-refractivity contribution in [2.45, 2.75) is 13.8 Å². The number of aryl methyl sites for hydroxylation is 2. The summed E-state index contributed by atoms with van der Waals surface area (Å²) in [6.45, 7) is 9.15. The van der Waals surface area contributed by atoms with Gasteiger partial charge in [0.05, 0.1) is 5.69 Å². The number of rotatable bonds is 4. The predicted octanol–water partition coefficient (Wildman–Crippen LogP) is -0.0736. The van der Waals surface area contributed by atoms with Gasteiger partial charge in [-0.05, 0) is 6.92 Å². The fourth-order valence-corrected chi connectivity index (χ4v) is 2.08. The van der Waals surface area contributed by atoms with Crippen molar-refractivity contribution in [2.24, 2.45) is 0 Å². The minimum absolute atomic E-state index is 0.178. The Morgan fingerprint density at radius 3 is 2.78 bits per heavy atom. The standard InChI is InChI=1S/C12H20N4O2/c1-9-11(18-10(2)15-9)12(17)14-5-8-16-6-3-13-4-7-16/h13H,3-8H2,1-2H3,(H,14,17). The van der Waals surface area contributed by atoms with Crippen LogP contribution in [0.2, 0.25) is 0 Å². The van der Waals surface area contributed by atoms with Crippen LogP contribution in [0.25, 0.3) is 0 Å². The van der Waals surface area contributed by atoms with Crippen molar-refractivity contribution in [2.75, 3.05) is 39.3 Å². The van der Waals surface area contributed by atoms with E-state index in [1.165, 1.54) is 0 Å². The average Bonchev–Trinajstić information content (AvgIpc) is 2.70. The van der Waals surface area contributed by atoms with E-state index in [1.54, 1.807) is 13.8 Å². The number of aromatic nitrogens is 1. The minimum atomic E-state index is -0.178. The van der Waals surface area contributed by atoms with Crippen molar-refractivity contribution in [3.8, 4) is 0 Å². The van der Waals surface area contributed by atoms with Crippen LogP contribution in [-0.4, -0.2) is 55.1 Å². The molecule has 2 rings (SSSR count). The summed E-state index contributed by atoms with van der Waals surface area (Å²) in [6, 6.07) is 0. The lowest BCUT2D eigenvalue weighted by molar-refractivity contribution is 0.0917. The number of oxazole rings is 1. The van der Waals surface area contributed by atoms with E-state index in [9.17, 15) is 4.79 Å². The zero-order chi connectivity index (χ0) is 13.0. The second-order valence-corrected chi connectivity index (χ2v) is 4.49. The molecule has 0 spiro atoms. The molecule has 1 fully saturated rings. The maximum absolute atomic E-state index is 11.8. The molecule has 0 atom stereocenters. The number of amides is 1. The van der Waals surface area contributed by atoms with E-state index in [4.69, 9.17) is 4.42 Å². The summed E-state index contributed by atoms with van der Waals surface area (Å²) in [6.07, 6.45) is 0. The molecule has 18 heavy (non-hydrogen) atoms. The fraction of sp³-hybridized carbons (Fsp3) is 0.667. The monoisotopic (exact) mass is 252 g/mol. The van der Waals surface area contributed by atoms with Gasteiger partial charge in [-0.25, -0.2) is 4.98 Å². The minimum Gasteiger partial charge on any atom is -0.436 e. The Bertz CT molecular complexity index is 410. The number of carbonyl (C=O) groups excluding carboxylic acids is 1. The largest absolute Gasteiger partial charge is 0.436 e. The third kappa shape index (κ3) is 3.30. The molecule has 1 aliphatic heterocycles. The molecular weight excluding hydrogens is 232 g/mol. The highest BCUT2D eigenvalue weighted by atomic mass is 16.4. The molecule has 0 aromatic carbocycles. The summed E-state index contributed by atoms with van der Waals surface area (Å²) in [4.78, 5) is 18.3. The van der Waals surface area contributed by atoms with Gasteiger partial charge in [-0.3, -0.25) is 9.69 Å². The Balaban J connectivity index is 1.76. The Morgan fingerprint density at radius 1 is 1.44 bits per heavy atom. The second kappa shape index (κ2) is 5.97. The maximum Gasteiger partial charge on any atom is 0.289 e. The molecule has 0 radical (unpaired) electrons. The molecule has 1 amide bonds. The molecular formula is C12H20N4O2. The summed E-state index contributed by atoms with van der Waals surface area (Å²) >= 11 is 0. The van der Waals surface area contributed by atoms with E-state index in [0.717, 1.165) is 32.7 Å². The molecule has 2 heterocycles. The van der Waals surface area contributed by atoms with Gasteiger partial charge >= 0.3 is 0 Å². The van der Waals surface area contributed by atoms with Crippen LogP contribution in [0.3, 0.4) is 0 Å². The summed E-state index contributed by atoms with van der Waals surface area (Å²) in [7, 11) is 0. The highest BCUT2D eigenvalue weighted by Gasteiger charge is 2.16. The lowest BCUT2D eigenvalue weighted by Crippen LogP contribution is -2.46. The van der Waals surface area contributed by atoms with Gasteiger partial charge in [0.25, 0.3) is 5.91 Å². The number of piperazine rings is 1. The van der Waals surface area contributed by atoms with Crippen LogP contribution in [0.4, 0.5) is 0 Å². The molecule has 1 aromatic rings. The Labute approximate surface area is 107 Å². The van der Waals surface area contributed by atoms with Crippen molar-refractivity contribution in [3.63, 3.8) is 0 Å². The van der Waals surface area contributed by atoms with Gasteiger partial charge in [0.1, 0.15) is 0 Å². The third-order valence-corrected chi connectivity index (χ3v) is 3.03. The first-order valence-electron chi connectivity index (χ1n) is 6.32. The van der Waals surface area contributed by atoms with Gasteiger partial charge in [-0.2, -0.15) is 0 Å². The van der Waals surface area contributed by atoms with Gasteiger partial charge in [-0.15, -0.1) is 0 Å². The molecule has 0 bridgehead atoms. The van der Waals surface area contributed by atoms with E-state index >= 15 is 0 Å². The molecule has 0 saturated carbocycles. The molecule has 1 saturated heterocycles. The maximum atomic E-state index is 11.8. The molecule has 6 nitrogen and oxygen atoms in total. The van der Waals surface area contributed by atoms with Crippen LogP contribution in [0.15, 0.2) is 4.42 Å². The Kier molecular flexibility index (Phi) is 4.33. The predicted molar refractivity (Wildman–Crippen MR) is 67.6 cm³/mol. The van der Waals surface area contributed by atoms with Crippen LogP contribution in [0.1, 0.15) is 22.1 Å². The molecule has 6 heteroatoms. The number of carbonyl (C=O) groups is 1. The molecule has 0 aliphatic carbocycles. The van der Waals surface area contributed by atoms with Crippen molar-refractivity contribution < 1.29 is 9.21 Å². The first kappa shape index (κ1) is 13.0.